The molecule has 1 aliphatic rings. The minimum Gasteiger partial charge on any atom is -0.379 e. The summed E-state index contributed by atoms with van der Waals surface area (Å²) >= 11 is 0. The number of benzene rings is 1. The summed E-state index contributed by atoms with van der Waals surface area (Å²) < 4.78 is 5.30. The molecule has 0 radical (unpaired) electrons. The molecule has 1 amide bonds. The smallest absolute Gasteiger partial charge is 0.253 e. The lowest BCUT2D eigenvalue weighted by molar-refractivity contribution is 0.0711. The predicted octanol–water partition coefficient (Wildman–Crippen LogP) is 0.858. The third-order valence-electron chi connectivity index (χ3n) is 3.24. The number of rotatable bonds is 2. The molecule has 0 saturated carbocycles. The van der Waals surface area contributed by atoms with Gasteiger partial charge in [-0.05, 0) is 30.7 Å². The standard InChI is InChI=1S/C15H18N2O2/c1-17(14-8-10-19-11-14)15(18)13-6-4-12(5-7-13)3-2-9-16/h4-7,14H,8-11,16H2,1H3. The maximum atomic E-state index is 12.3. The Morgan fingerprint density at radius 3 is 2.79 bits per heavy atom. The van der Waals surface area contributed by atoms with Gasteiger partial charge in [-0.3, -0.25) is 4.79 Å². The molecule has 4 nitrogen and oxygen atoms in total. The number of nitrogens with two attached hydrogens (primary N) is 1. The molecule has 1 unspecified atom stereocenters. The second kappa shape index (κ2) is 6.37. The fourth-order valence-corrected chi connectivity index (χ4v) is 2.05. The largest absolute Gasteiger partial charge is 0.379 e. The molecule has 100 valence electrons. The molecule has 1 heterocycles. The van der Waals surface area contributed by atoms with Gasteiger partial charge in [0.05, 0.1) is 19.2 Å². The van der Waals surface area contributed by atoms with Gasteiger partial charge in [0.15, 0.2) is 0 Å². The second-order valence-corrected chi connectivity index (χ2v) is 4.52. The average Bonchev–Trinajstić information content (AvgIpc) is 2.98. The normalized spacial score (nSPS) is 17.7. The van der Waals surface area contributed by atoms with Gasteiger partial charge in [0.1, 0.15) is 0 Å². The van der Waals surface area contributed by atoms with Gasteiger partial charge in [-0.2, -0.15) is 0 Å². The summed E-state index contributed by atoms with van der Waals surface area (Å²) in [5.74, 6) is 5.74. The number of amides is 1. The maximum absolute atomic E-state index is 12.3. The van der Waals surface area contributed by atoms with Crippen molar-refractivity contribution in [3.8, 4) is 11.8 Å². The first-order valence-corrected chi connectivity index (χ1v) is 6.36. The molecule has 0 aliphatic carbocycles. The molecular weight excluding hydrogens is 240 g/mol. The lowest BCUT2D eigenvalue weighted by atomic mass is 10.1. The average molecular weight is 258 g/mol. The Bertz CT molecular complexity index is 493. The second-order valence-electron chi connectivity index (χ2n) is 4.52. The summed E-state index contributed by atoms with van der Waals surface area (Å²) in [7, 11) is 1.82. The topological polar surface area (TPSA) is 55.6 Å². The van der Waals surface area contributed by atoms with Crippen molar-refractivity contribution in [1.29, 1.82) is 0 Å². The van der Waals surface area contributed by atoms with E-state index in [0.717, 1.165) is 18.6 Å². The molecular formula is C15H18N2O2. The summed E-state index contributed by atoms with van der Waals surface area (Å²) in [5.41, 5.74) is 6.86. The summed E-state index contributed by atoms with van der Waals surface area (Å²) in [6.07, 6.45) is 0.905. The first-order valence-electron chi connectivity index (χ1n) is 6.36. The zero-order valence-corrected chi connectivity index (χ0v) is 11.1. The van der Waals surface area contributed by atoms with Crippen LogP contribution in [-0.4, -0.2) is 43.7 Å². The Kier molecular flexibility index (Phi) is 4.56. The highest BCUT2D eigenvalue weighted by atomic mass is 16.5. The Hall–Kier alpha value is -1.83. The van der Waals surface area contributed by atoms with E-state index in [-0.39, 0.29) is 11.9 Å². The van der Waals surface area contributed by atoms with E-state index < -0.39 is 0 Å². The van der Waals surface area contributed by atoms with E-state index >= 15 is 0 Å². The van der Waals surface area contributed by atoms with Crippen LogP contribution in [0.5, 0.6) is 0 Å². The Labute approximate surface area is 113 Å². The van der Waals surface area contributed by atoms with Crippen LogP contribution in [0.1, 0.15) is 22.3 Å². The minimum absolute atomic E-state index is 0.0221. The van der Waals surface area contributed by atoms with Crippen molar-refractivity contribution in [3.63, 3.8) is 0 Å². The van der Waals surface area contributed by atoms with Crippen LogP contribution in [-0.2, 0) is 4.74 Å². The summed E-state index contributed by atoms with van der Waals surface area (Å²) in [4.78, 5) is 14.0. The third kappa shape index (κ3) is 3.34. The molecule has 0 bridgehead atoms. The predicted molar refractivity (Wildman–Crippen MR) is 73.7 cm³/mol. The van der Waals surface area contributed by atoms with Crippen LogP contribution in [0.3, 0.4) is 0 Å². The quantitative estimate of drug-likeness (QED) is 0.800. The molecule has 4 heteroatoms. The molecule has 0 aromatic heterocycles. The number of likely N-dealkylation sites (N-methyl/N-ethyl adjacent to an activating group) is 1. The van der Waals surface area contributed by atoms with Gasteiger partial charge in [0.25, 0.3) is 5.91 Å². The van der Waals surface area contributed by atoms with Gasteiger partial charge in [0, 0.05) is 24.8 Å². The zero-order chi connectivity index (χ0) is 13.7. The Balaban J connectivity index is 2.06. The van der Waals surface area contributed by atoms with Crippen LogP contribution in [0.25, 0.3) is 0 Å². The molecule has 0 spiro atoms. The Morgan fingerprint density at radius 2 is 2.21 bits per heavy atom. The van der Waals surface area contributed by atoms with Crippen molar-refractivity contribution < 1.29 is 9.53 Å². The van der Waals surface area contributed by atoms with Crippen LogP contribution in [0.2, 0.25) is 0 Å². The summed E-state index contributed by atoms with van der Waals surface area (Å²) in [6.45, 7) is 1.70. The van der Waals surface area contributed by atoms with E-state index in [9.17, 15) is 4.79 Å². The number of nitrogens with zero attached hydrogens (tertiary/aromatic N) is 1. The van der Waals surface area contributed by atoms with Crippen molar-refractivity contribution in [1.82, 2.24) is 4.90 Å². The van der Waals surface area contributed by atoms with E-state index in [1.54, 1.807) is 17.0 Å². The van der Waals surface area contributed by atoms with Crippen molar-refractivity contribution >= 4 is 5.91 Å². The van der Waals surface area contributed by atoms with Crippen molar-refractivity contribution in [2.45, 2.75) is 12.5 Å². The minimum atomic E-state index is 0.0221. The van der Waals surface area contributed by atoms with Gasteiger partial charge in [0.2, 0.25) is 0 Å². The number of ether oxygens (including phenoxy) is 1. The fourth-order valence-electron chi connectivity index (χ4n) is 2.05. The van der Waals surface area contributed by atoms with Gasteiger partial charge >= 0.3 is 0 Å². The number of carbonyl (C=O) groups is 1. The van der Waals surface area contributed by atoms with Crippen molar-refractivity contribution in [2.24, 2.45) is 5.73 Å². The van der Waals surface area contributed by atoms with Crippen molar-refractivity contribution in [3.05, 3.63) is 35.4 Å². The Morgan fingerprint density at radius 1 is 1.47 bits per heavy atom. The van der Waals surface area contributed by atoms with E-state index in [1.807, 2.05) is 19.2 Å². The highest BCUT2D eigenvalue weighted by molar-refractivity contribution is 5.94. The van der Waals surface area contributed by atoms with Gasteiger partial charge in [-0.1, -0.05) is 11.8 Å². The first-order chi connectivity index (χ1) is 9.22. The van der Waals surface area contributed by atoms with E-state index in [0.29, 0.717) is 18.7 Å². The molecule has 19 heavy (non-hydrogen) atoms. The number of carbonyl (C=O) groups excluding carboxylic acids is 1. The van der Waals surface area contributed by atoms with E-state index in [2.05, 4.69) is 11.8 Å². The molecule has 1 aromatic carbocycles. The van der Waals surface area contributed by atoms with Crippen LogP contribution in [0, 0.1) is 11.8 Å². The first kappa shape index (κ1) is 13.6. The van der Waals surface area contributed by atoms with Crippen LogP contribution in [0.15, 0.2) is 24.3 Å². The maximum Gasteiger partial charge on any atom is 0.253 e. The fraction of sp³-hybridized carbons (Fsp3) is 0.400. The SMILES string of the molecule is CN(C(=O)c1ccc(C#CCN)cc1)C1CCOC1. The number of hydrogen-bond donors (Lipinski definition) is 1. The van der Waals surface area contributed by atoms with Crippen LogP contribution >= 0.6 is 0 Å². The highest BCUT2D eigenvalue weighted by Crippen LogP contribution is 2.14. The van der Waals surface area contributed by atoms with Gasteiger partial charge in [-0.25, -0.2) is 0 Å². The van der Waals surface area contributed by atoms with E-state index in [1.165, 1.54) is 0 Å². The lowest BCUT2D eigenvalue weighted by Crippen LogP contribution is -2.37. The van der Waals surface area contributed by atoms with Crippen LogP contribution in [0.4, 0.5) is 0 Å². The molecule has 1 aliphatic heterocycles. The molecule has 2 N–H and O–H groups in total. The monoisotopic (exact) mass is 258 g/mol. The lowest BCUT2D eigenvalue weighted by Gasteiger charge is -2.23. The van der Waals surface area contributed by atoms with Gasteiger partial charge < -0.3 is 15.4 Å². The molecule has 1 fully saturated rings. The summed E-state index contributed by atoms with van der Waals surface area (Å²) in [5, 5.41) is 0. The molecule has 1 saturated heterocycles. The van der Waals surface area contributed by atoms with Gasteiger partial charge in [-0.15, -0.1) is 0 Å². The van der Waals surface area contributed by atoms with Crippen LogP contribution < -0.4 is 5.73 Å². The third-order valence-corrected chi connectivity index (χ3v) is 3.24. The van der Waals surface area contributed by atoms with Crippen molar-refractivity contribution in [2.75, 3.05) is 26.8 Å². The van der Waals surface area contributed by atoms with E-state index in [4.69, 9.17) is 10.5 Å². The number of hydrogen-bond acceptors (Lipinski definition) is 3. The highest BCUT2D eigenvalue weighted by Gasteiger charge is 2.24. The molecule has 1 aromatic rings. The molecule has 1 atom stereocenters. The zero-order valence-electron chi connectivity index (χ0n) is 11.1. The summed E-state index contributed by atoms with van der Waals surface area (Å²) in [6, 6.07) is 7.47. The molecule has 2 rings (SSSR count).